The highest BCUT2D eigenvalue weighted by atomic mass is 79.9. The molecule has 1 atom stereocenters. The molecular weight excluding hydrogens is 328 g/mol. The maximum absolute atomic E-state index is 6.35. The Morgan fingerprint density at radius 1 is 1.11 bits per heavy atom. The number of hydrogen-bond donors (Lipinski definition) is 0. The van der Waals surface area contributed by atoms with E-state index in [1.54, 1.807) is 0 Å². The summed E-state index contributed by atoms with van der Waals surface area (Å²) >= 11 is 10.1. The van der Waals surface area contributed by atoms with Gasteiger partial charge in [0.05, 0.1) is 13.2 Å². The summed E-state index contributed by atoms with van der Waals surface area (Å²) in [7, 11) is 0. The Bertz CT molecular complexity index is 396. The zero-order valence-corrected chi connectivity index (χ0v) is 14.2. The van der Waals surface area contributed by atoms with Crippen LogP contribution in [0.3, 0.4) is 0 Å². The molecule has 19 heavy (non-hydrogen) atoms. The summed E-state index contributed by atoms with van der Waals surface area (Å²) in [6.07, 6.45) is 3.41. The van der Waals surface area contributed by atoms with Crippen molar-refractivity contribution in [2.45, 2.75) is 44.9 Å². The second kappa shape index (κ2) is 8.70. The van der Waals surface area contributed by atoms with E-state index >= 15 is 0 Å². The number of unbranched alkanes of at least 4 members (excludes halogenated alkanes) is 1. The second-order valence-corrected chi connectivity index (χ2v) is 5.81. The van der Waals surface area contributed by atoms with Crippen LogP contribution in [0.2, 0.25) is 5.02 Å². The van der Waals surface area contributed by atoms with Crippen LogP contribution >= 0.6 is 27.5 Å². The highest BCUT2D eigenvalue weighted by Crippen LogP contribution is 2.40. The largest absolute Gasteiger partial charge is 0.490 e. The fourth-order valence-corrected chi connectivity index (χ4v) is 2.99. The summed E-state index contributed by atoms with van der Waals surface area (Å²) in [5.74, 6) is 1.48. The molecule has 0 aliphatic carbocycles. The maximum Gasteiger partial charge on any atom is 0.162 e. The lowest BCUT2D eigenvalue weighted by atomic mass is 10.1. The van der Waals surface area contributed by atoms with E-state index in [1.165, 1.54) is 12.8 Å². The van der Waals surface area contributed by atoms with Crippen molar-refractivity contribution in [3.8, 4) is 11.5 Å². The quantitative estimate of drug-likeness (QED) is 0.555. The lowest BCUT2D eigenvalue weighted by Gasteiger charge is -2.17. The van der Waals surface area contributed by atoms with E-state index in [0.717, 1.165) is 22.8 Å². The molecular formula is C15H22BrClO2. The summed E-state index contributed by atoms with van der Waals surface area (Å²) in [6.45, 7) is 7.32. The Morgan fingerprint density at radius 2 is 1.68 bits per heavy atom. The molecule has 0 radical (unpaired) electrons. The van der Waals surface area contributed by atoms with Gasteiger partial charge in [0.25, 0.3) is 0 Å². The van der Waals surface area contributed by atoms with Crippen LogP contribution in [-0.2, 0) is 0 Å². The van der Waals surface area contributed by atoms with Crippen molar-refractivity contribution in [2.75, 3.05) is 13.2 Å². The summed E-state index contributed by atoms with van der Waals surface area (Å²) in [5.41, 5.74) is 1.07. The maximum atomic E-state index is 6.35. The van der Waals surface area contributed by atoms with E-state index < -0.39 is 0 Å². The van der Waals surface area contributed by atoms with Crippen molar-refractivity contribution < 1.29 is 9.47 Å². The molecule has 0 heterocycles. The topological polar surface area (TPSA) is 18.5 Å². The fourth-order valence-electron chi connectivity index (χ4n) is 1.87. The summed E-state index contributed by atoms with van der Waals surface area (Å²) in [4.78, 5) is 0.259. The van der Waals surface area contributed by atoms with Gasteiger partial charge in [-0.05, 0) is 31.9 Å². The molecule has 2 nitrogen and oxygen atoms in total. The number of hydrogen-bond acceptors (Lipinski definition) is 2. The smallest absolute Gasteiger partial charge is 0.162 e. The zero-order valence-electron chi connectivity index (χ0n) is 11.8. The molecule has 4 heteroatoms. The molecule has 1 unspecified atom stereocenters. The van der Waals surface area contributed by atoms with Crippen molar-refractivity contribution in [1.29, 1.82) is 0 Å². The lowest BCUT2D eigenvalue weighted by molar-refractivity contribution is 0.287. The van der Waals surface area contributed by atoms with E-state index in [-0.39, 0.29) is 4.83 Å². The van der Waals surface area contributed by atoms with Crippen molar-refractivity contribution in [2.24, 2.45) is 0 Å². The summed E-state index contributed by atoms with van der Waals surface area (Å²) in [6, 6.07) is 3.84. The van der Waals surface area contributed by atoms with Crippen LogP contribution in [0, 0.1) is 0 Å². The normalized spacial score (nSPS) is 12.3. The fraction of sp³-hybridized carbons (Fsp3) is 0.600. The number of rotatable bonds is 8. The van der Waals surface area contributed by atoms with Crippen LogP contribution in [0.1, 0.15) is 50.4 Å². The molecule has 1 rings (SSSR count). The Kier molecular flexibility index (Phi) is 7.62. The minimum atomic E-state index is 0.259. The molecule has 0 saturated heterocycles. The molecule has 0 fully saturated rings. The van der Waals surface area contributed by atoms with E-state index in [9.17, 15) is 0 Å². The minimum absolute atomic E-state index is 0.259. The third-order valence-electron chi connectivity index (χ3n) is 2.81. The monoisotopic (exact) mass is 348 g/mol. The van der Waals surface area contributed by atoms with Crippen LogP contribution < -0.4 is 9.47 Å². The molecule has 0 spiro atoms. The highest BCUT2D eigenvalue weighted by molar-refractivity contribution is 9.09. The first-order valence-electron chi connectivity index (χ1n) is 6.87. The van der Waals surface area contributed by atoms with Gasteiger partial charge in [-0.15, -0.1) is 0 Å². The third kappa shape index (κ3) is 4.88. The Morgan fingerprint density at radius 3 is 2.21 bits per heavy atom. The average Bonchev–Trinajstić information content (AvgIpc) is 2.39. The molecule has 108 valence electrons. The molecule has 0 aliphatic rings. The van der Waals surface area contributed by atoms with Gasteiger partial charge in [-0.3, -0.25) is 0 Å². The molecule has 0 amide bonds. The highest BCUT2D eigenvalue weighted by Gasteiger charge is 2.16. The Labute approximate surface area is 129 Å². The van der Waals surface area contributed by atoms with Gasteiger partial charge in [0.15, 0.2) is 11.5 Å². The van der Waals surface area contributed by atoms with Crippen molar-refractivity contribution in [3.63, 3.8) is 0 Å². The number of halogens is 2. The number of alkyl halides is 1. The minimum Gasteiger partial charge on any atom is -0.490 e. The van der Waals surface area contributed by atoms with Crippen molar-refractivity contribution >= 4 is 27.5 Å². The van der Waals surface area contributed by atoms with E-state index in [0.29, 0.717) is 19.0 Å². The first-order chi connectivity index (χ1) is 9.13. The zero-order chi connectivity index (χ0) is 14.3. The molecule has 0 saturated carbocycles. The van der Waals surface area contributed by atoms with Gasteiger partial charge in [0.2, 0.25) is 0 Å². The molecule has 0 aliphatic heterocycles. The van der Waals surface area contributed by atoms with Gasteiger partial charge in [-0.2, -0.15) is 0 Å². The third-order valence-corrected chi connectivity index (χ3v) is 4.09. The van der Waals surface area contributed by atoms with Gasteiger partial charge >= 0.3 is 0 Å². The Balaban J connectivity index is 3.01. The van der Waals surface area contributed by atoms with Gasteiger partial charge in [-0.1, -0.05) is 47.3 Å². The van der Waals surface area contributed by atoms with Crippen LogP contribution in [0.5, 0.6) is 11.5 Å². The first kappa shape index (κ1) is 16.6. The van der Waals surface area contributed by atoms with Gasteiger partial charge < -0.3 is 9.47 Å². The van der Waals surface area contributed by atoms with Gasteiger partial charge in [-0.25, -0.2) is 0 Å². The van der Waals surface area contributed by atoms with Crippen LogP contribution in [0.4, 0.5) is 0 Å². The van der Waals surface area contributed by atoms with E-state index in [4.69, 9.17) is 21.1 Å². The van der Waals surface area contributed by atoms with E-state index in [2.05, 4.69) is 22.9 Å². The van der Waals surface area contributed by atoms with Crippen molar-refractivity contribution in [3.05, 3.63) is 22.7 Å². The average molecular weight is 350 g/mol. The molecule has 1 aromatic rings. The van der Waals surface area contributed by atoms with Gasteiger partial charge in [0, 0.05) is 15.9 Å². The molecule has 0 aromatic heterocycles. The van der Waals surface area contributed by atoms with Crippen LogP contribution in [0.25, 0.3) is 0 Å². The van der Waals surface area contributed by atoms with Gasteiger partial charge in [0.1, 0.15) is 0 Å². The van der Waals surface area contributed by atoms with Crippen molar-refractivity contribution in [1.82, 2.24) is 0 Å². The molecule has 0 bridgehead atoms. The molecule has 1 aromatic carbocycles. The standard InChI is InChI=1S/C15H22BrClO2/c1-4-7-8-12(16)11-9-14(18-5-2)15(19-6-3)10-13(11)17/h9-10,12H,4-8H2,1-3H3. The summed E-state index contributed by atoms with van der Waals surface area (Å²) < 4.78 is 11.2. The predicted octanol–water partition coefficient (Wildman–Crippen LogP) is 5.76. The van der Waals surface area contributed by atoms with Crippen LogP contribution in [-0.4, -0.2) is 13.2 Å². The summed E-state index contributed by atoms with van der Waals surface area (Å²) in [5, 5.41) is 0.727. The second-order valence-electron chi connectivity index (χ2n) is 4.30. The lowest BCUT2D eigenvalue weighted by Crippen LogP contribution is -2.01. The first-order valence-corrected chi connectivity index (χ1v) is 8.16. The predicted molar refractivity (Wildman–Crippen MR) is 85.0 cm³/mol. The van der Waals surface area contributed by atoms with Crippen LogP contribution in [0.15, 0.2) is 12.1 Å². The number of benzene rings is 1. The Hall–Kier alpha value is -0.410. The molecule has 0 N–H and O–H groups in total. The number of ether oxygens (including phenoxy) is 2. The SMILES string of the molecule is CCCCC(Br)c1cc(OCC)c(OCC)cc1Cl. The van der Waals surface area contributed by atoms with E-state index in [1.807, 2.05) is 26.0 Å².